The SMILES string of the molecule is COc1ccc(NC(=O)c2ccccn2)cc1C. The van der Waals surface area contributed by atoms with Crippen LogP contribution in [0, 0.1) is 6.92 Å². The van der Waals surface area contributed by atoms with Crippen LogP contribution in [-0.2, 0) is 0 Å². The van der Waals surface area contributed by atoms with Gasteiger partial charge in [0.2, 0.25) is 0 Å². The lowest BCUT2D eigenvalue weighted by Gasteiger charge is -2.08. The van der Waals surface area contributed by atoms with Crippen molar-refractivity contribution in [2.24, 2.45) is 0 Å². The molecule has 18 heavy (non-hydrogen) atoms. The zero-order valence-electron chi connectivity index (χ0n) is 10.3. The summed E-state index contributed by atoms with van der Waals surface area (Å²) >= 11 is 0. The highest BCUT2D eigenvalue weighted by Gasteiger charge is 2.07. The summed E-state index contributed by atoms with van der Waals surface area (Å²) in [4.78, 5) is 15.9. The molecule has 0 atom stereocenters. The van der Waals surface area contributed by atoms with Crippen LogP contribution < -0.4 is 10.1 Å². The van der Waals surface area contributed by atoms with Crippen molar-refractivity contribution in [3.8, 4) is 5.75 Å². The number of amides is 1. The molecule has 0 saturated carbocycles. The lowest BCUT2D eigenvalue weighted by atomic mass is 10.2. The topological polar surface area (TPSA) is 51.2 Å². The van der Waals surface area contributed by atoms with Crippen LogP contribution in [0.3, 0.4) is 0 Å². The molecule has 0 bridgehead atoms. The van der Waals surface area contributed by atoms with Crippen molar-refractivity contribution < 1.29 is 9.53 Å². The summed E-state index contributed by atoms with van der Waals surface area (Å²) in [6.07, 6.45) is 1.59. The predicted octanol–water partition coefficient (Wildman–Crippen LogP) is 2.65. The number of carbonyl (C=O) groups excluding carboxylic acids is 1. The first-order chi connectivity index (χ1) is 8.70. The molecule has 4 heteroatoms. The molecule has 1 heterocycles. The number of hydrogen-bond acceptors (Lipinski definition) is 3. The molecular formula is C14H14N2O2. The molecule has 92 valence electrons. The molecule has 1 N–H and O–H groups in total. The molecule has 4 nitrogen and oxygen atoms in total. The van der Waals surface area contributed by atoms with Crippen LogP contribution in [0.25, 0.3) is 0 Å². The lowest BCUT2D eigenvalue weighted by molar-refractivity contribution is 0.102. The molecule has 0 radical (unpaired) electrons. The molecule has 2 rings (SSSR count). The molecule has 0 aliphatic heterocycles. The summed E-state index contributed by atoms with van der Waals surface area (Å²) in [5.41, 5.74) is 2.09. The predicted molar refractivity (Wildman–Crippen MR) is 69.9 cm³/mol. The number of anilines is 1. The van der Waals surface area contributed by atoms with Crippen molar-refractivity contribution in [1.29, 1.82) is 0 Å². The molecule has 1 aromatic heterocycles. The van der Waals surface area contributed by atoms with Crippen LogP contribution in [0.4, 0.5) is 5.69 Å². The number of benzene rings is 1. The van der Waals surface area contributed by atoms with Crippen molar-refractivity contribution in [1.82, 2.24) is 4.98 Å². The van der Waals surface area contributed by atoms with Gasteiger partial charge in [-0.2, -0.15) is 0 Å². The van der Waals surface area contributed by atoms with Gasteiger partial charge in [-0.3, -0.25) is 9.78 Å². The largest absolute Gasteiger partial charge is 0.496 e. The maximum Gasteiger partial charge on any atom is 0.274 e. The van der Waals surface area contributed by atoms with E-state index in [2.05, 4.69) is 10.3 Å². The third kappa shape index (κ3) is 2.66. The average Bonchev–Trinajstić information content (AvgIpc) is 2.40. The van der Waals surface area contributed by atoms with Crippen LogP contribution in [-0.4, -0.2) is 18.0 Å². The summed E-state index contributed by atoms with van der Waals surface area (Å²) in [5.74, 6) is 0.575. The Bertz CT molecular complexity index is 553. The number of hydrogen-bond donors (Lipinski definition) is 1. The van der Waals surface area contributed by atoms with E-state index >= 15 is 0 Å². The molecular weight excluding hydrogens is 228 g/mol. The third-order valence-corrected chi connectivity index (χ3v) is 2.55. The van der Waals surface area contributed by atoms with Gasteiger partial charge in [-0.25, -0.2) is 0 Å². The zero-order chi connectivity index (χ0) is 13.0. The van der Waals surface area contributed by atoms with Gasteiger partial charge in [0.05, 0.1) is 7.11 Å². The van der Waals surface area contributed by atoms with E-state index in [4.69, 9.17) is 4.74 Å². The van der Waals surface area contributed by atoms with Crippen molar-refractivity contribution in [3.63, 3.8) is 0 Å². The van der Waals surface area contributed by atoms with E-state index in [1.807, 2.05) is 19.1 Å². The second-order valence-electron chi connectivity index (χ2n) is 3.85. The number of methoxy groups -OCH3 is 1. The number of rotatable bonds is 3. The summed E-state index contributed by atoms with van der Waals surface area (Å²) in [5, 5.41) is 2.79. The maximum absolute atomic E-state index is 11.9. The van der Waals surface area contributed by atoms with E-state index in [0.29, 0.717) is 5.69 Å². The Labute approximate surface area is 106 Å². The highest BCUT2D eigenvalue weighted by molar-refractivity contribution is 6.02. The Hall–Kier alpha value is -2.36. The van der Waals surface area contributed by atoms with E-state index in [1.54, 1.807) is 37.6 Å². The molecule has 1 aromatic carbocycles. The van der Waals surface area contributed by atoms with E-state index in [9.17, 15) is 4.79 Å². The first-order valence-corrected chi connectivity index (χ1v) is 5.58. The molecule has 0 spiro atoms. The number of nitrogens with zero attached hydrogens (tertiary/aromatic N) is 1. The van der Waals surface area contributed by atoms with Crippen molar-refractivity contribution in [2.45, 2.75) is 6.92 Å². The first-order valence-electron chi connectivity index (χ1n) is 5.58. The monoisotopic (exact) mass is 242 g/mol. The number of carbonyl (C=O) groups is 1. The van der Waals surface area contributed by atoms with Crippen LogP contribution >= 0.6 is 0 Å². The minimum absolute atomic E-state index is 0.222. The van der Waals surface area contributed by atoms with Crippen LogP contribution in [0.2, 0.25) is 0 Å². The highest BCUT2D eigenvalue weighted by Crippen LogP contribution is 2.21. The van der Waals surface area contributed by atoms with Gasteiger partial charge in [-0.05, 0) is 42.8 Å². The Balaban J connectivity index is 2.15. The fraction of sp³-hybridized carbons (Fsp3) is 0.143. The summed E-state index contributed by atoms with van der Waals surface area (Å²) in [6, 6.07) is 10.7. The van der Waals surface area contributed by atoms with Crippen molar-refractivity contribution >= 4 is 11.6 Å². The summed E-state index contributed by atoms with van der Waals surface area (Å²) in [6.45, 7) is 1.93. The quantitative estimate of drug-likeness (QED) is 0.900. The smallest absolute Gasteiger partial charge is 0.274 e. The molecule has 0 aliphatic carbocycles. The molecule has 0 fully saturated rings. The normalized spacial score (nSPS) is 9.89. The van der Waals surface area contributed by atoms with Gasteiger partial charge in [0, 0.05) is 11.9 Å². The Morgan fingerprint density at radius 3 is 2.72 bits per heavy atom. The number of nitrogens with one attached hydrogen (secondary N) is 1. The number of ether oxygens (including phenoxy) is 1. The van der Waals surface area contributed by atoms with Crippen LogP contribution in [0.1, 0.15) is 16.1 Å². The lowest BCUT2D eigenvalue weighted by Crippen LogP contribution is -2.13. The van der Waals surface area contributed by atoms with Gasteiger partial charge >= 0.3 is 0 Å². The van der Waals surface area contributed by atoms with Gasteiger partial charge in [0.15, 0.2) is 0 Å². The highest BCUT2D eigenvalue weighted by atomic mass is 16.5. The molecule has 0 unspecified atom stereocenters. The van der Waals surface area contributed by atoms with Crippen molar-refractivity contribution in [2.75, 3.05) is 12.4 Å². The van der Waals surface area contributed by atoms with Crippen LogP contribution in [0.15, 0.2) is 42.6 Å². The zero-order valence-corrected chi connectivity index (χ0v) is 10.3. The number of pyridine rings is 1. The molecule has 2 aromatic rings. The number of aryl methyl sites for hydroxylation is 1. The van der Waals surface area contributed by atoms with Crippen molar-refractivity contribution in [3.05, 3.63) is 53.9 Å². The molecule has 0 saturated heterocycles. The van der Waals surface area contributed by atoms with Gasteiger partial charge < -0.3 is 10.1 Å². The average molecular weight is 242 g/mol. The third-order valence-electron chi connectivity index (χ3n) is 2.55. The standard InChI is InChI=1S/C14H14N2O2/c1-10-9-11(6-7-13(10)18-2)16-14(17)12-5-3-4-8-15-12/h3-9H,1-2H3,(H,16,17). The van der Waals surface area contributed by atoms with Gasteiger partial charge in [-0.15, -0.1) is 0 Å². The fourth-order valence-electron chi connectivity index (χ4n) is 1.65. The maximum atomic E-state index is 11.9. The first kappa shape index (κ1) is 12.1. The van der Waals surface area contributed by atoms with Gasteiger partial charge in [0.25, 0.3) is 5.91 Å². The van der Waals surface area contributed by atoms with Gasteiger partial charge in [0.1, 0.15) is 11.4 Å². The fourth-order valence-corrected chi connectivity index (χ4v) is 1.65. The second kappa shape index (κ2) is 5.31. The molecule has 1 amide bonds. The van der Waals surface area contributed by atoms with E-state index in [0.717, 1.165) is 17.0 Å². The Morgan fingerprint density at radius 1 is 1.28 bits per heavy atom. The van der Waals surface area contributed by atoms with Crippen LogP contribution in [0.5, 0.6) is 5.75 Å². The molecule has 0 aliphatic rings. The second-order valence-corrected chi connectivity index (χ2v) is 3.85. The summed E-state index contributed by atoms with van der Waals surface area (Å²) in [7, 11) is 1.62. The van der Waals surface area contributed by atoms with E-state index in [1.165, 1.54) is 0 Å². The summed E-state index contributed by atoms with van der Waals surface area (Å²) < 4.78 is 5.16. The van der Waals surface area contributed by atoms with E-state index in [-0.39, 0.29) is 5.91 Å². The van der Waals surface area contributed by atoms with E-state index < -0.39 is 0 Å². The number of aromatic nitrogens is 1. The Kier molecular flexibility index (Phi) is 3.57. The Morgan fingerprint density at radius 2 is 2.11 bits per heavy atom. The van der Waals surface area contributed by atoms with Gasteiger partial charge in [-0.1, -0.05) is 6.07 Å². The minimum atomic E-state index is -0.222. The minimum Gasteiger partial charge on any atom is -0.496 e.